The molecule has 1 aliphatic heterocycles. The molecule has 0 aromatic heterocycles. The van der Waals surface area contributed by atoms with Crippen molar-refractivity contribution in [2.45, 2.75) is 26.5 Å². The lowest BCUT2D eigenvalue weighted by atomic mass is 10.0. The lowest BCUT2D eigenvalue weighted by molar-refractivity contribution is -0.123. The Kier molecular flexibility index (Phi) is 9.29. The molecule has 4 rings (SSSR count). The van der Waals surface area contributed by atoms with Crippen molar-refractivity contribution in [2.24, 2.45) is 0 Å². The molecule has 0 bridgehead atoms. The topological polar surface area (TPSA) is 55.8 Å². The lowest BCUT2D eigenvalue weighted by Gasteiger charge is -2.17. The second-order valence-electron chi connectivity index (χ2n) is 8.21. The fraction of sp³-hybridized carbons (Fsp3) is 0.172. The van der Waals surface area contributed by atoms with Gasteiger partial charge in [0.05, 0.1) is 18.1 Å². The van der Waals surface area contributed by atoms with Gasteiger partial charge in [0, 0.05) is 14.5 Å². The number of rotatable bonds is 10. The Bertz CT molecular complexity index is 1350. The minimum Gasteiger partial charge on any atom is -0.490 e. The summed E-state index contributed by atoms with van der Waals surface area (Å²) in [5, 5.41) is -0.294. The van der Waals surface area contributed by atoms with Gasteiger partial charge in [-0.2, -0.15) is 0 Å². The zero-order valence-corrected chi connectivity index (χ0v) is 24.2. The Morgan fingerprint density at radius 3 is 2.46 bits per heavy atom. The number of amides is 2. The van der Waals surface area contributed by atoms with Gasteiger partial charge in [0.15, 0.2) is 11.5 Å². The summed E-state index contributed by atoms with van der Waals surface area (Å²) in [5.74, 6) is 0.908. The van der Waals surface area contributed by atoms with Gasteiger partial charge in [-0.25, -0.2) is 0 Å². The first-order valence-electron chi connectivity index (χ1n) is 11.7. The maximum Gasteiger partial charge on any atom is 0.293 e. The average Bonchev–Trinajstić information content (AvgIpc) is 3.13. The predicted octanol–water partition coefficient (Wildman–Crippen LogP) is 8.15. The number of carbonyl (C=O) groups is 2. The van der Waals surface area contributed by atoms with Crippen molar-refractivity contribution in [3.63, 3.8) is 0 Å². The van der Waals surface area contributed by atoms with Gasteiger partial charge < -0.3 is 9.47 Å². The number of ether oxygens (including phenoxy) is 2. The number of thioether (sulfide) groups is 1. The van der Waals surface area contributed by atoms with E-state index in [0.717, 1.165) is 43.0 Å². The average molecular weight is 643 g/mol. The minimum atomic E-state index is -0.315. The van der Waals surface area contributed by atoms with Gasteiger partial charge in [-0.05, 0) is 78.2 Å². The van der Waals surface area contributed by atoms with E-state index in [2.05, 4.69) is 38.4 Å². The monoisotopic (exact) mass is 641 g/mol. The number of nitrogens with zero attached hydrogens (tertiary/aromatic N) is 1. The molecule has 8 heteroatoms. The molecule has 1 saturated heterocycles. The summed E-state index contributed by atoms with van der Waals surface area (Å²) in [6.07, 6.45) is 4.09. The van der Waals surface area contributed by atoms with Crippen LogP contribution in [0.2, 0.25) is 0 Å². The SMILES string of the molecule is C=CCc1cc(/C=C2\SC(=O)N(Cc3ccccc3Br)C2=O)cc(OCC)c1OCc1ccc(Br)cc1. The highest BCUT2D eigenvalue weighted by atomic mass is 79.9. The maximum atomic E-state index is 13.1. The Morgan fingerprint density at radius 2 is 1.76 bits per heavy atom. The van der Waals surface area contributed by atoms with E-state index < -0.39 is 0 Å². The van der Waals surface area contributed by atoms with Gasteiger partial charge >= 0.3 is 0 Å². The molecule has 0 atom stereocenters. The standard InChI is InChI=1S/C29H25Br2NO4S/c1-3-7-21-14-20(15-25(35-4-2)27(21)36-18-19-10-12-23(30)13-11-19)16-26-28(33)32(29(34)37-26)17-22-8-5-6-9-24(22)31/h3,5-6,8-16H,1,4,7,17-18H2,2H3/b26-16-. The largest absolute Gasteiger partial charge is 0.490 e. The number of benzene rings is 3. The molecule has 0 aliphatic carbocycles. The first kappa shape index (κ1) is 27.2. The summed E-state index contributed by atoms with van der Waals surface area (Å²) in [7, 11) is 0. The van der Waals surface area contributed by atoms with Crippen LogP contribution in [0, 0.1) is 0 Å². The van der Waals surface area contributed by atoms with Crippen LogP contribution in [0.4, 0.5) is 4.79 Å². The third-order valence-corrected chi connectivity index (χ3v) is 7.78. The summed E-state index contributed by atoms with van der Waals surface area (Å²) in [6, 6.07) is 19.3. The molecule has 3 aromatic rings. The Morgan fingerprint density at radius 1 is 1.00 bits per heavy atom. The number of imide groups is 1. The van der Waals surface area contributed by atoms with E-state index >= 15 is 0 Å². The summed E-state index contributed by atoms with van der Waals surface area (Å²) < 4.78 is 14.0. The number of allylic oxidation sites excluding steroid dienone is 1. The molecule has 1 fully saturated rings. The van der Waals surface area contributed by atoms with Crippen LogP contribution in [0.3, 0.4) is 0 Å². The Balaban J connectivity index is 1.62. The van der Waals surface area contributed by atoms with Crippen LogP contribution >= 0.6 is 43.6 Å². The van der Waals surface area contributed by atoms with Gasteiger partial charge in [0.25, 0.3) is 11.1 Å². The second-order valence-corrected chi connectivity index (χ2v) is 11.0. The van der Waals surface area contributed by atoms with Crippen molar-refractivity contribution in [2.75, 3.05) is 6.61 Å². The quantitative estimate of drug-likeness (QED) is 0.165. The zero-order valence-electron chi connectivity index (χ0n) is 20.2. The molecule has 1 aliphatic rings. The van der Waals surface area contributed by atoms with Gasteiger partial charge in [-0.1, -0.05) is 68.3 Å². The summed E-state index contributed by atoms with van der Waals surface area (Å²) in [5.41, 5.74) is 3.53. The van der Waals surface area contributed by atoms with E-state index in [-0.39, 0.29) is 17.7 Å². The number of hydrogen-bond donors (Lipinski definition) is 0. The van der Waals surface area contributed by atoms with E-state index in [9.17, 15) is 9.59 Å². The van der Waals surface area contributed by atoms with Crippen LogP contribution in [0.25, 0.3) is 6.08 Å². The van der Waals surface area contributed by atoms with E-state index in [1.54, 1.807) is 12.2 Å². The van der Waals surface area contributed by atoms with Crippen molar-refractivity contribution < 1.29 is 19.1 Å². The van der Waals surface area contributed by atoms with Crippen molar-refractivity contribution in [1.29, 1.82) is 0 Å². The molecule has 2 amide bonds. The Hall–Kier alpha value is -2.81. The normalized spacial score (nSPS) is 14.4. The zero-order chi connectivity index (χ0) is 26.4. The van der Waals surface area contributed by atoms with Gasteiger partial charge in [0.2, 0.25) is 0 Å². The molecule has 0 unspecified atom stereocenters. The highest BCUT2D eigenvalue weighted by Gasteiger charge is 2.35. The van der Waals surface area contributed by atoms with E-state index in [4.69, 9.17) is 9.47 Å². The summed E-state index contributed by atoms with van der Waals surface area (Å²) in [4.78, 5) is 27.5. The van der Waals surface area contributed by atoms with Crippen molar-refractivity contribution in [1.82, 2.24) is 4.90 Å². The van der Waals surface area contributed by atoms with Crippen LogP contribution in [-0.2, 0) is 24.4 Å². The van der Waals surface area contributed by atoms with Crippen LogP contribution < -0.4 is 9.47 Å². The van der Waals surface area contributed by atoms with Gasteiger partial charge in [-0.3, -0.25) is 14.5 Å². The van der Waals surface area contributed by atoms with Crippen LogP contribution in [0.1, 0.15) is 29.2 Å². The molecule has 0 radical (unpaired) electrons. The van der Waals surface area contributed by atoms with Gasteiger partial charge in [-0.15, -0.1) is 6.58 Å². The molecule has 0 N–H and O–H groups in total. The van der Waals surface area contributed by atoms with Gasteiger partial charge in [0.1, 0.15) is 6.61 Å². The molecular weight excluding hydrogens is 618 g/mol. The molecule has 0 spiro atoms. The van der Waals surface area contributed by atoms with E-state index in [1.165, 1.54) is 4.90 Å². The smallest absolute Gasteiger partial charge is 0.293 e. The molecule has 0 saturated carbocycles. The number of halogens is 2. The van der Waals surface area contributed by atoms with E-state index in [0.29, 0.717) is 36.0 Å². The predicted molar refractivity (Wildman–Crippen MR) is 156 cm³/mol. The van der Waals surface area contributed by atoms with Crippen molar-refractivity contribution in [3.05, 3.63) is 109 Å². The summed E-state index contributed by atoms with van der Waals surface area (Å²) >= 11 is 7.88. The van der Waals surface area contributed by atoms with Crippen LogP contribution in [-0.4, -0.2) is 22.7 Å². The summed E-state index contributed by atoms with van der Waals surface area (Å²) in [6.45, 7) is 6.83. The molecule has 3 aromatic carbocycles. The second kappa shape index (κ2) is 12.6. The third-order valence-electron chi connectivity index (χ3n) is 5.57. The molecule has 37 heavy (non-hydrogen) atoms. The maximum absolute atomic E-state index is 13.1. The fourth-order valence-corrected chi connectivity index (χ4v) is 5.33. The molecule has 190 valence electrons. The first-order valence-corrected chi connectivity index (χ1v) is 14.1. The van der Waals surface area contributed by atoms with Crippen LogP contribution in [0.5, 0.6) is 11.5 Å². The number of carbonyl (C=O) groups excluding carboxylic acids is 2. The first-order chi connectivity index (χ1) is 17.9. The third kappa shape index (κ3) is 6.74. The van der Waals surface area contributed by atoms with Crippen LogP contribution in [0.15, 0.2) is 87.2 Å². The minimum absolute atomic E-state index is 0.207. The lowest BCUT2D eigenvalue weighted by Crippen LogP contribution is -2.27. The van der Waals surface area contributed by atoms with E-state index in [1.807, 2.05) is 67.6 Å². The Labute approximate surface area is 237 Å². The highest BCUT2D eigenvalue weighted by molar-refractivity contribution is 9.10. The molecule has 1 heterocycles. The van der Waals surface area contributed by atoms with Crippen molar-refractivity contribution >= 4 is 60.8 Å². The highest BCUT2D eigenvalue weighted by Crippen LogP contribution is 2.38. The molecule has 5 nitrogen and oxygen atoms in total. The molecular formula is C29H25Br2NO4S. The fourth-order valence-electron chi connectivity index (χ4n) is 3.82. The number of hydrogen-bond acceptors (Lipinski definition) is 5. The van der Waals surface area contributed by atoms with Crippen molar-refractivity contribution in [3.8, 4) is 11.5 Å².